The highest BCUT2D eigenvalue weighted by Crippen LogP contribution is 2.15. The van der Waals surface area contributed by atoms with Crippen LogP contribution < -0.4 is 10.5 Å². The minimum atomic E-state index is -3.76. The normalized spacial score (nSPS) is 11.8. The third-order valence-corrected chi connectivity index (χ3v) is 4.57. The second-order valence-corrected chi connectivity index (χ2v) is 6.26. The first-order valence-electron chi connectivity index (χ1n) is 6.42. The Labute approximate surface area is 122 Å². The molecule has 21 heavy (non-hydrogen) atoms. The Balaban J connectivity index is 2.07. The third-order valence-electron chi connectivity index (χ3n) is 3.14. The van der Waals surface area contributed by atoms with Crippen LogP contribution in [0.25, 0.3) is 0 Å². The fourth-order valence-corrected chi connectivity index (χ4v) is 3.22. The number of nitrogens with one attached hydrogen (secondary N) is 2. The molecule has 0 spiro atoms. The summed E-state index contributed by atoms with van der Waals surface area (Å²) in [6, 6.07) is 6.25. The zero-order valence-corrected chi connectivity index (χ0v) is 12.4. The van der Waals surface area contributed by atoms with E-state index in [1.54, 1.807) is 25.1 Å². The smallest absolute Gasteiger partial charge is 0.260 e. The Hall–Kier alpha value is -1.77. The topological polar surface area (TPSA) is 101 Å². The lowest BCUT2D eigenvalue weighted by atomic mass is 10.1. The number of rotatable bonds is 6. The largest absolute Gasteiger partial charge is 0.326 e. The molecule has 0 amide bonds. The van der Waals surface area contributed by atoms with E-state index in [1.165, 1.54) is 6.07 Å². The van der Waals surface area contributed by atoms with Crippen LogP contribution in [0.4, 0.5) is 4.39 Å². The Morgan fingerprint density at radius 2 is 2.10 bits per heavy atom. The molecular weight excluding hydrogens is 295 g/mol. The average molecular weight is 312 g/mol. The molecule has 6 nitrogen and oxygen atoms in total. The van der Waals surface area contributed by atoms with Crippen molar-refractivity contribution in [3.8, 4) is 0 Å². The lowest BCUT2D eigenvalue weighted by Gasteiger charge is -2.07. The van der Waals surface area contributed by atoms with Crippen LogP contribution in [0.3, 0.4) is 0 Å². The molecule has 8 heteroatoms. The van der Waals surface area contributed by atoms with E-state index in [9.17, 15) is 12.8 Å². The van der Waals surface area contributed by atoms with Crippen LogP contribution in [0.2, 0.25) is 0 Å². The quantitative estimate of drug-likeness (QED) is 0.735. The number of aryl methyl sites for hydroxylation is 1. The molecule has 0 saturated carbocycles. The number of aromatic nitrogens is 2. The van der Waals surface area contributed by atoms with Gasteiger partial charge >= 0.3 is 0 Å². The van der Waals surface area contributed by atoms with Gasteiger partial charge in [0.15, 0.2) is 5.03 Å². The summed E-state index contributed by atoms with van der Waals surface area (Å²) >= 11 is 0. The van der Waals surface area contributed by atoms with Gasteiger partial charge in [-0.2, -0.15) is 5.10 Å². The second kappa shape index (κ2) is 6.33. The van der Waals surface area contributed by atoms with Crippen molar-refractivity contribution in [2.75, 3.05) is 6.54 Å². The molecule has 0 fully saturated rings. The summed E-state index contributed by atoms with van der Waals surface area (Å²) in [6.07, 6.45) is 0.257. The van der Waals surface area contributed by atoms with Gasteiger partial charge in [-0.05, 0) is 25.0 Å². The van der Waals surface area contributed by atoms with Crippen LogP contribution in [0, 0.1) is 12.7 Å². The van der Waals surface area contributed by atoms with Crippen molar-refractivity contribution in [2.24, 2.45) is 5.73 Å². The van der Waals surface area contributed by atoms with Crippen LogP contribution in [-0.4, -0.2) is 25.2 Å². The zero-order valence-electron chi connectivity index (χ0n) is 11.6. The van der Waals surface area contributed by atoms with E-state index in [-0.39, 0.29) is 30.4 Å². The van der Waals surface area contributed by atoms with Crippen molar-refractivity contribution >= 4 is 10.0 Å². The van der Waals surface area contributed by atoms with Gasteiger partial charge in [-0.15, -0.1) is 0 Å². The fourth-order valence-electron chi connectivity index (χ4n) is 1.98. The summed E-state index contributed by atoms with van der Waals surface area (Å²) in [4.78, 5) is 0. The van der Waals surface area contributed by atoms with E-state index in [2.05, 4.69) is 14.9 Å². The molecule has 1 heterocycles. The van der Waals surface area contributed by atoms with E-state index in [4.69, 9.17) is 5.73 Å². The third kappa shape index (κ3) is 3.46. The van der Waals surface area contributed by atoms with Crippen molar-refractivity contribution < 1.29 is 12.8 Å². The van der Waals surface area contributed by atoms with Gasteiger partial charge in [0.1, 0.15) is 5.82 Å². The Kier molecular flexibility index (Phi) is 4.71. The first kappa shape index (κ1) is 15.6. The lowest BCUT2D eigenvalue weighted by Crippen LogP contribution is -2.27. The van der Waals surface area contributed by atoms with Crippen molar-refractivity contribution in [1.82, 2.24) is 14.9 Å². The fraction of sp³-hybridized carbons (Fsp3) is 0.308. The number of nitrogens with two attached hydrogens (primary N) is 1. The van der Waals surface area contributed by atoms with Crippen LogP contribution >= 0.6 is 0 Å². The molecule has 2 rings (SSSR count). The second-order valence-electron chi connectivity index (χ2n) is 4.58. The van der Waals surface area contributed by atoms with Gasteiger partial charge < -0.3 is 5.73 Å². The van der Waals surface area contributed by atoms with Gasteiger partial charge in [-0.25, -0.2) is 17.5 Å². The molecule has 2 aromatic rings. The molecule has 0 radical (unpaired) electrons. The SMILES string of the molecule is Cc1[nH]nc(S(=O)(=O)NCCc2ccccc2F)c1CN. The van der Waals surface area contributed by atoms with E-state index in [1.807, 2.05) is 0 Å². The van der Waals surface area contributed by atoms with Crippen LogP contribution in [0.15, 0.2) is 29.3 Å². The highest BCUT2D eigenvalue weighted by Gasteiger charge is 2.22. The molecule has 0 aliphatic carbocycles. The highest BCUT2D eigenvalue weighted by atomic mass is 32.2. The molecular formula is C13H17FN4O2S. The summed E-state index contributed by atoms with van der Waals surface area (Å²) in [5.41, 5.74) is 7.06. The predicted molar refractivity (Wildman–Crippen MR) is 76.5 cm³/mol. The molecule has 0 bridgehead atoms. The molecule has 4 N–H and O–H groups in total. The lowest BCUT2D eigenvalue weighted by molar-refractivity contribution is 0.572. The van der Waals surface area contributed by atoms with E-state index >= 15 is 0 Å². The number of halogens is 1. The number of hydrogen-bond acceptors (Lipinski definition) is 4. The molecule has 1 aromatic heterocycles. The van der Waals surface area contributed by atoms with Gasteiger partial charge in [-0.3, -0.25) is 5.10 Å². The van der Waals surface area contributed by atoms with E-state index in [0.717, 1.165) is 0 Å². The molecule has 0 aliphatic heterocycles. The van der Waals surface area contributed by atoms with Crippen LogP contribution in [0.5, 0.6) is 0 Å². The number of benzene rings is 1. The Morgan fingerprint density at radius 3 is 2.76 bits per heavy atom. The first-order chi connectivity index (χ1) is 9.95. The highest BCUT2D eigenvalue weighted by molar-refractivity contribution is 7.89. The first-order valence-corrected chi connectivity index (χ1v) is 7.91. The van der Waals surface area contributed by atoms with Crippen LogP contribution in [-0.2, 0) is 23.0 Å². The van der Waals surface area contributed by atoms with Crippen molar-refractivity contribution in [2.45, 2.75) is 24.9 Å². The van der Waals surface area contributed by atoms with Gasteiger partial charge in [0.2, 0.25) is 0 Å². The monoisotopic (exact) mass is 312 g/mol. The molecule has 114 valence electrons. The standard InChI is InChI=1S/C13H17FN4O2S/c1-9-11(8-15)13(18-17-9)21(19,20)16-7-6-10-4-2-3-5-12(10)14/h2-5,16H,6-8,15H2,1H3,(H,17,18). The van der Waals surface area contributed by atoms with E-state index in [0.29, 0.717) is 16.8 Å². The number of sulfonamides is 1. The predicted octanol–water partition coefficient (Wildman–Crippen LogP) is 0.837. The maximum Gasteiger partial charge on any atom is 0.260 e. The number of aromatic amines is 1. The van der Waals surface area contributed by atoms with Gasteiger partial charge in [0, 0.05) is 24.3 Å². The number of nitrogens with zero attached hydrogens (tertiary/aromatic N) is 1. The van der Waals surface area contributed by atoms with Gasteiger partial charge in [0.25, 0.3) is 10.0 Å². The molecule has 0 saturated heterocycles. The minimum Gasteiger partial charge on any atom is -0.326 e. The maximum atomic E-state index is 13.4. The van der Waals surface area contributed by atoms with Crippen molar-refractivity contribution in [3.63, 3.8) is 0 Å². The Morgan fingerprint density at radius 1 is 1.38 bits per heavy atom. The summed E-state index contributed by atoms with van der Waals surface area (Å²) in [5.74, 6) is -0.352. The molecule has 0 unspecified atom stereocenters. The minimum absolute atomic E-state index is 0.0753. The number of hydrogen-bond donors (Lipinski definition) is 3. The Bertz CT molecular complexity index is 728. The van der Waals surface area contributed by atoms with Crippen LogP contribution in [0.1, 0.15) is 16.8 Å². The maximum absolute atomic E-state index is 13.4. The summed E-state index contributed by atoms with van der Waals surface area (Å²) in [6.45, 7) is 1.86. The summed E-state index contributed by atoms with van der Waals surface area (Å²) < 4.78 is 40.2. The summed E-state index contributed by atoms with van der Waals surface area (Å²) in [7, 11) is -3.76. The molecule has 1 aromatic carbocycles. The van der Waals surface area contributed by atoms with Crippen molar-refractivity contribution in [1.29, 1.82) is 0 Å². The average Bonchev–Trinajstić information content (AvgIpc) is 2.82. The van der Waals surface area contributed by atoms with Crippen molar-refractivity contribution in [3.05, 3.63) is 46.9 Å². The zero-order chi connectivity index (χ0) is 15.5. The van der Waals surface area contributed by atoms with Gasteiger partial charge in [-0.1, -0.05) is 18.2 Å². The summed E-state index contributed by atoms with van der Waals surface area (Å²) in [5, 5.41) is 6.27. The molecule has 0 atom stereocenters. The van der Waals surface area contributed by atoms with Gasteiger partial charge in [0.05, 0.1) is 0 Å². The van der Waals surface area contributed by atoms with E-state index < -0.39 is 10.0 Å². The molecule has 0 aliphatic rings. The number of H-pyrrole nitrogens is 1.